The lowest BCUT2D eigenvalue weighted by molar-refractivity contribution is -0.134. The van der Waals surface area contributed by atoms with Crippen molar-refractivity contribution in [3.8, 4) is 11.5 Å². The third-order valence-electron chi connectivity index (χ3n) is 3.63. The van der Waals surface area contributed by atoms with E-state index in [9.17, 15) is 9.59 Å². The van der Waals surface area contributed by atoms with Gasteiger partial charge >= 0.3 is 0 Å². The van der Waals surface area contributed by atoms with E-state index in [0.717, 1.165) is 24.8 Å². The zero-order chi connectivity index (χ0) is 16.1. The predicted molar refractivity (Wildman–Crippen MR) is 83.7 cm³/mol. The minimum Gasteiger partial charge on any atom is -0.485 e. The van der Waals surface area contributed by atoms with Gasteiger partial charge in [0, 0.05) is 6.08 Å². The number of carbonyl (C=O) groups excluding carboxylic acids is 2. The fourth-order valence-corrected chi connectivity index (χ4v) is 2.42. The van der Waals surface area contributed by atoms with E-state index in [1.54, 1.807) is 24.3 Å². The summed E-state index contributed by atoms with van der Waals surface area (Å²) in [5.41, 5.74) is 5.83. The molecule has 2 N–H and O–H groups in total. The van der Waals surface area contributed by atoms with Crippen LogP contribution in [0.3, 0.4) is 0 Å². The van der Waals surface area contributed by atoms with Crippen LogP contribution in [0.2, 0.25) is 0 Å². The number of hydrogen-bond donors (Lipinski definition) is 2. The number of carbonyl (C=O) groups is 2. The van der Waals surface area contributed by atoms with E-state index in [2.05, 4.69) is 16.9 Å². The standard InChI is InChI=1S/C17H18N2O4/c20-16(10-9-12-5-1-2-6-12)18-19-17(21)15-11-22-13-7-3-4-8-14(13)23-15/h3-5,7-10,15H,1-2,6,11H2,(H,18,20)(H,19,21)/b10-9+/t15-/m0/s1. The minimum atomic E-state index is -0.799. The van der Waals surface area contributed by atoms with E-state index in [1.807, 2.05) is 6.07 Å². The average Bonchev–Trinajstić information content (AvgIpc) is 3.11. The lowest BCUT2D eigenvalue weighted by atomic mass is 10.2. The molecular formula is C17H18N2O4. The van der Waals surface area contributed by atoms with E-state index in [4.69, 9.17) is 9.47 Å². The van der Waals surface area contributed by atoms with Gasteiger partial charge in [-0.05, 0) is 31.4 Å². The van der Waals surface area contributed by atoms with Crippen molar-refractivity contribution < 1.29 is 19.1 Å². The van der Waals surface area contributed by atoms with Crippen molar-refractivity contribution in [2.45, 2.75) is 25.4 Å². The number of hydrogen-bond acceptors (Lipinski definition) is 4. The molecule has 2 amide bonds. The van der Waals surface area contributed by atoms with Crippen LogP contribution in [-0.2, 0) is 9.59 Å². The van der Waals surface area contributed by atoms with Gasteiger partial charge < -0.3 is 9.47 Å². The Morgan fingerprint density at radius 1 is 1.17 bits per heavy atom. The number of amides is 2. The second kappa shape index (κ2) is 7.00. The van der Waals surface area contributed by atoms with E-state index in [0.29, 0.717) is 11.5 Å². The van der Waals surface area contributed by atoms with E-state index in [1.165, 1.54) is 6.08 Å². The Bertz CT molecular complexity index is 666. The summed E-state index contributed by atoms with van der Waals surface area (Å²) in [4.78, 5) is 23.7. The van der Waals surface area contributed by atoms with Crippen LogP contribution in [0.15, 0.2) is 48.1 Å². The molecule has 0 spiro atoms. The zero-order valence-electron chi connectivity index (χ0n) is 12.6. The van der Waals surface area contributed by atoms with Crippen LogP contribution in [0.25, 0.3) is 0 Å². The van der Waals surface area contributed by atoms with E-state index < -0.39 is 12.0 Å². The number of fused-ring (bicyclic) bond motifs is 1. The molecule has 1 aliphatic carbocycles. The van der Waals surface area contributed by atoms with Gasteiger partial charge in [0.05, 0.1) is 0 Å². The highest BCUT2D eigenvalue weighted by Gasteiger charge is 2.27. The Morgan fingerprint density at radius 3 is 2.78 bits per heavy atom. The van der Waals surface area contributed by atoms with Gasteiger partial charge in [0.25, 0.3) is 11.8 Å². The van der Waals surface area contributed by atoms with Crippen molar-refractivity contribution >= 4 is 11.8 Å². The molecule has 0 aromatic heterocycles. The highest BCUT2D eigenvalue weighted by atomic mass is 16.6. The third kappa shape index (κ3) is 3.91. The molecule has 0 saturated heterocycles. The maximum Gasteiger partial charge on any atom is 0.283 e. The van der Waals surface area contributed by atoms with Crippen molar-refractivity contribution in [2.75, 3.05) is 6.61 Å². The molecule has 1 atom stereocenters. The van der Waals surface area contributed by atoms with Gasteiger partial charge in [-0.25, -0.2) is 0 Å². The molecule has 1 aliphatic heterocycles. The van der Waals surface area contributed by atoms with Crippen molar-refractivity contribution in [1.29, 1.82) is 0 Å². The third-order valence-corrected chi connectivity index (χ3v) is 3.63. The summed E-state index contributed by atoms with van der Waals surface area (Å²) in [6.07, 6.45) is 7.65. The maximum atomic E-state index is 12.0. The fourth-order valence-electron chi connectivity index (χ4n) is 2.42. The molecule has 3 rings (SSSR count). The van der Waals surface area contributed by atoms with E-state index >= 15 is 0 Å². The topological polar surface area (TPSA) is 76.7 Å². The molecule has 0 bridgehead atoms. The Balaban J connectivity index is 1.47. The molecule has 120 valence electrons. The van der Waals surface area contributed by atoms with Crippen LogP contribution in [0.5, 0.6) is 11.5 Å². The number of rotatable bonds is 3. The first-order valence-electron chi connectivity index (χ1n) is 7.58. The maximum absolute atomic E-state index is 12.0. The van der Waals surface area contributed by atoms with Crippen LogP contribution in [0, 0.1) is 0 Å². The summed E-state index contributed by atoms with van der Waals surface area (Å²) in [6, 6.07) is 7.13. The van der Waals surface area contributed by atoms with Crippen LogP contribution in [-0.4, -0.2) is 24.5 Å². The number of ether oxygens (including phenoxy) is 2. The molecule has 0 radical (unpaired) electrons. The Morgan fingerprint density at radius 2 is 2.00 bits per heavy atom. The molecule has 6 heteroatoms. The van der Waals surface area contributed by atoms with Crippen molar-refractivity contribution in [3.05, 3.63) is 48.1 Å². The number of para-hydroxylation sites is 2. The van der Waals surface area contributed by atoms with Crippen LogP contribution in [0.4, 0.5) is 0 Å². The molecule has 0 fully saturated rings. The molecule has 0 unspecified atom stereocenters. The number of benzene rings is 1. The Kier molecular flexibility index (Phi) is 4.61. The second-order valence-corrected chi connectivity index (χ2v) is 5.35. The molecule has 0 saturated carbocycles. The summed E-state index contributed by atoms with van der Waals surface area (Å²) in [5.74, 6) is 0.274. The largest absolute Gasteiger partial charge is 0.485 e. The van der Waals surface area contributed by atoms with Gasteiger partial charge in [0.1, 0.15) is 6.61 Å². The normalized spacial score (nSPS) is 19.3. The lowest BCUT2D eigenvalue weighted by Gasteiger charge is -2.25. The lowest BCUT2D eigenvalue weighted by Crippen LogP contribution is -2.50. The molecule has 1 aromatic carbocycles. The zero-order valence-corrected chi connectivity index (χ0v) is 12.6. The molecule has 23 heavy (non-hydrogen) atoms. The van der Waals surface area contributed by atoms with Crippen molar-refractivity contribution in [3.63, 3.8) is 0 Å². The first kappa shape index (κ1) is 15.1. The van der Waals surface area contributed by atoms with Gasteiger partial charge in [-0.2, -0.15) is 0 Å². The smallest absolute Gasteiger partial charge is 0.283 e. The fraction of sp³-hybridized carbons (Fsp3) is 0.294. The summed E-state index contributed by atoms with van der Waals surface area (Å²) in [5, 5.41) is 0. The summed E-state index contributed by atoms with van der Waals surface area (Å²) < 4.78 is 11.0. The summed E-state index contributed by atoms with van der Waals surface area (Å²) in [7, 11) is 0. The SMILES string of the molecule is O=C(/C=C/C1=CCCC1)NNC(=O)[C@@H]1COc2ccccc2O1. The second-order valence-electron chi connectivity index (χ2n) is 5.35. The quantitative estimate of drug-likeness (QED) is 0.657. The minimum absolute atomic E-state index is 0.0987. The summed E-state index contributed by atoms with van der Waals surface area (Å²) >= 11 is 0. The highest BCUT2D eigenvalue weighted by Crippen LogP contribution is 2.30. The Hall–Kier alpha value is -2.76. The van der Waals surface area contributed by atoms with Crippen LogP contribution < -0.4 is 20.3 Å². The molecule has 1 aromatic rings. The first-order chi connectivity index (χ1) is 11.2. The highest BCUT2D eigenvalue weighted by molar-refractivity contribution is 5.91. The van der Waals surface area contributed by atoms with Gasteiger partial charge in [0.2, 0.25) is 6.10 Å². The number of allylic oxidation sites excluding steroid dienone is 3. The molecule has 6 nitrogen and oxygen atoms in total. The first-order valence-corrected chi connectivity index (χ1v) is 7.58. The van der Waals surface area contributed by atoms with Gasteiger partial charge in [-0.3, -0.25) is 20.4 Å². The van der Waals surface area contributed by atoms with Crippen molar-refractivity contribution in [1.82, 2.24) is 10.9 Å². The number of hydrazine groups is 1. The predicted octanol–water partition coefficient (Wildman–Crippen LogP) is 1.64. The van der Waals surface area contributed by atoms with Gasteiger partial charge in [-0.1, -0.05) is 29.9 Å². The molecule has 2 aliphatic rings. The Labute approximate surface area is 134 Å². The number of nitrogens with one attached hydrogen (secondary N) is 2. The molecule has 1 heterocycles. The molecular weight excluding hydrogens is 296 g/mol. The average molecular weight is 314 g/mol. The van der Waals surface area contributed by atoms with Crippen molar-refractivity contribution in [2.24, 2.45) is 0 Å². The van der Waals surface area contributed by atoms with Crippen LogP contribution in [0.1, 0.15) is 19.3 Å². The van der Waals surface area contributed by atoms with E-state index in [-0.39, 0.29) is 12.5 Å². The monoisotopic (exact) mass is 314 g/mol. The van der Waals surface area contributed by atoms with Gasteiger partial charge in [-0.15, -0.1) is 0 Å². The summed E-state index contributed by atoms with van der Waals surface area (Å²) in [6.45, 7) is 0.0987. The van der Waals surface area contributed by atoms with Gasteiger partial charge in [0.15, 0.2) is 11.5 Å². The van der Waals surface area contributed by atoms with Crippen LogP contribution >= 0.6 is 0 Å².